The van der Waals surface area contributed by atoms with Crippen LogP contribution in [0.15, 0.2) is 85.8 Å². The van der Waals surface area contributed by atoms with E-state index in [9.17, 15) is 4.79 Å². The average molecular weight is 492 g/mol. The zero-order valence-corrected chi connectivity index (χ0v) is 20.4. The fourth-order valence-electron chi connectivity index (χ4n) is 3.94. The Kier molecular flexibility index (Phi) is 6.25. The number of imidazole rings is 1. The number of ether oxygens (including phenoxy) is 1. The van der Waals surface area contributed by atoms with Gasteiger partial charge in [0.1, 0.15) is 17.3 Å². The van der Waals surface area contributed by atoms with E-state index >= 15 is 0 Å². The Bertz CT molecular complexity index is 1640. The molecule has 0 spiro atoms. The van der Waals surface area contributed by atoms with Crippen LogP contribution in [0, 0.1) is 6.92 Å². The summed E-state index contributed by atoms with van der Waals surface area (Å²) in [5, 5.41) is 6.10. The van der Waals surface area contributed by atoms with Crippen LogP contribution < -0.4 is 21.1 Å². The van der Waals surface area contributed by atoms with Crippen LogP contribution in [0.5, 0.6) is 11.5 Å². The molecule has 0 aliphatic rings. The van der Waals surface area contributed by atoms with Crippen LogP contribution in [0.3, 0.4) is 0 Å². The van der Waals surface area contributed by atoms with Gasteiger partial charge in [-0.1, -0.05) is 18.7 Å². The molecule has 0 bridgehead atoms. The van der Waals surface area contributed by atoms with Crippen LogP contribution in [0.1, 0.15) is 5.56 Å². The van der Waals surface area contributed by atoms with Crippen molar-refractivity contribution in [2.24, 2.45) is 7.05 Å². The number of rotatable bonds is 7. The lowest BCUT2D eigenvalue weighted by atomic mass is 10.1. The van der Waals surface area contributed by atoms with Gasteiger partial charge in [0.15, 0.2) is 0 Å². The van der Waals surface area contributed by atoms with Crippen LogP contribution in [0.4, 0.5) is 23.1 Å². The Balaban J connectivity index is 1.40. The Morgan fingerprint density at radius 1 is 1.08 bits per heavy atom. The number of hydrogen-bond donors (Lipinski definition) is 3. The minimum Gasteiger partial charge on any atom is -0.457 e. The summed E-state index contributed by atoms with van der Waals surface area (Å²) in [4.78, 5) is 24.7. The van der Waals surface area contributed by atoms with Crippen molar-refractivity contribution in [1.82, 2.24) is 19.5 Å². The Morgan fingerprint density at radius 2 is 1.95 bits per heavy atom. The summed E-state index contributed by atoms with van der Waals surface area (Å²) in [5.74, 6) is 1.83. The van der Waals surface area contributed by atoms with Crippen molar-refractivity contribution in [3.05, 3.63) is 91.4 Å². The number of carbonyl (C=O) groups excluding carboxylic acids is 1. The lowest BCUT2D eigenvalue weighted by Crippen LogP contribution is -2.07. The maximum atomic E-state index is 11.7. The number of nitrogens with one attached hydrogen (secondary N) is 2. The summed E-state index contributed by atoms with van der Waals surface area (Å²) in [7, 11) is 1.96. The summed E-state index contributed by atoms with van der Waals surface area (Å²) < 4.78 is 8.10. The van der Waals surface area contributed by atoms with Gasteiger partial charge in [-0.05, 0) is 66.6 Å². The topological polar surface area (TPSA) is 120 Å². The number of aromatic nitrogens is 4. The van der Waals surface area contributed by atoms with E-state index in [1.54, 1.807) is 18.6 Å². The summed E-state index contributed by atoms with van der Waals surface area (Å²) >= 11 is 0. The molecule has 4 N–H and O–H groups in total. The molecule has 0 aliphatic heterocycles. The lowest BCUT2D eigenvalue weighted by Gasteiger charge is -2.14. The molecule has 184 valence electrons. The van der Waals surface area contributed by atoms with Gasteiger partial charge in [0.2, 0.25) is 11.9 Å². The highest BCUT2D eigenvalue weighted by molar-refractivity contribution is 5.99. The van der Waals surface area contributed by atoms with Crippen LogP contribution in [0.2, 0.25) is 0 Å². The molecule has 9 heteroatoms. The molecular weight excluding hydrogens is 466 g/mol. The van der Waals surface area contributed by atoms with Crippen molar-refractivity contribution in [2.75, 3.05) is 16.4 Å². The number of hydrogen-bond acceptors (Lipinski definition) is 7. The van der Waals surface area contributed by atoms with E-state index in [2.05, 4.69) is 32.2 Å². The third-order valence-electron chi connectivity index (χ3n) is 5.80. The van der Waals surface area contributed by atoms with Gasteiger partial charge in [0.25, 0.3) is 0 Å². The lowest BCUT2D eigenvalue weighted by molar-refractivity contribution is -0.111. The standard InChI is InChI=1S/C28H25N7O2/c1-4-26(36)32-19-7-5-6-18(13-19)22-15-30-28(29)34-27(22)33-20-8-11-25(17(2)12-20)37-21-9-10-24-23(14-21)31-16-35(24)3/h4-16H,1H2,2-3H3,(H,32,36)(H3,29,30,33,34). The van der Waals surface area contributed by atoms with Crippen LogP contribution in [-0.4, -0.2) is 25.4 Å². The van der Waals surface area contributed by atoms with Crippen LogP contribution >= 0.6 is 0 Å². The highest BCUT2D eigenvalue weighted by atomic mass is 16.5. The van der Waals surface area contributed by atoms with E-state index < -0.39 is 0 Å². The highest BCUT2D eigenvalue weighted by Gasteiger charge is 2.12. The molecule has 0 radical (unpaired) electrons. The van der Waals surface area contributed by atoms with E-state index in [4.69, 9.17) is 10.5 Å². The second-order valence-corrected chi connectivity index (χ2v) is 8.48. The molecule has 0 fully saturated rings. The number of fused-ring (bicyclic) bond motifs is 1. The van der Waals surface area contributed by atoms with Gasteiger partial charge in [-0.3, -0.25) is 4.79 Å². The summed E-state index contributed by atoms with van der Waals surface area (Å²) in [6.07, 6.45) is 4.65. The first-order valence-electron chi connectivity index (χ1n) is 11.5. The van der Waals surface area contributed by atoms with Gasteiger partial charge in [-0.2, -0.15) is 4.98 Å². The van der Waals surface area contributed by atoms with Gasteiger partial charge < -0.3 is 25.7 Å². The Hall–Kier alpha value is -5.18. The molecule has 2 aromatic heterocycles. The third kappa shape index (κ3) is 5.10. The zero-order valence-electron chi connectivity index (χ0n) is 20.4. The van der Waals surface area contributed by atoms with Crippen molar-refractivity contribution >= 4 is 40.1 Å². The molecule has 0 saturated heterocycles. The van der Waals surface area contributed by atoms with Crippen molar-refractivity contribution in [3.8, 4) is 22.6 Å². The monoisotopic (exact) mass is 491 g/mol. The molecule has 0 saturated carbocycles. The number of nitrogens with zero attached hydrogens (tertiary/aromatic N) is 4. The van der Waals surface area contributed by atoms with E-state index in [-0.39, 0.29) is 11.9 Å². The molecule has 0 atom stereocenters. The number of benzene rings is 3. The molecule has 5 rings (SSSR count). The number of amides is 1. The summed E-state index contributed by atoms with van der Waals surface area (Å²) in [6.45, 7) is 5.46. The van der Waals surface area contributed by atoms with E-state index in [0.29, 0.717) is 17.3 Å². The van der Waals surface area contributed by atoms with Crippen LogP contribution in [0.25, 0.3) is 22.2 Å². The largest absolute Gasteiger partial charge is 0.457 e. The van der Waals surface area contributed by atoms with Gasteiger partial charge in [-0.15, -0.1) is 0 Å². The fraction of sp³-hybridized carbons (Fsp3) is 0.0714. The minimum atomic E-state index is -0.290. The first-order chi connectivity index (χ1) is 17.9. The molecular formula is C28H25N7O2. The normalized spacial score (nSPS) is 10.8. The first-order valence-corrected chi connectivity index (χ1v) is 11.5. The van der Waals surface area contributed by atoms with E-state index in [0.717, 1.165) is 39.2 Å². The quantitative estimate of drug-likeness (QED) is 0.254. The average Bonchev–Trinajstić information content (AvgIpc) is 3.25. The molecule has 3 aromatic carbocycles. The Labute approximate surface area is 213 Å². The first kappa shape index (κ1) is 23.6. The fourth-order valence-corrected chi connectivity index (χ4v) is 3.94. The summed E-state index contributed by atoms with van der Waals surface area (Å²) in [6, 6.07) is 19.0. The number of carbonyl (C=O) groups is 1. The summed E-state index contributed by atoms with van der Waals surface area (Å²) in [5.41, 5.74) is 11.7. The molecule has 2 heterocycles. The number of nitrogens with two attached hydrogens (primary N) is 1. The maximum absolute atomic E-state index is 11.7. The second kappa shape index (κ2) is 9.82. The molecule has 0 unspecified atom stereocenters. The van der Waals surface area contributed by atoms with Gasteiger partial charge in [-0.25, -0.2) is 9.97 Å². The van der Waals surface area contributed by atoms with Crippen molar-refractivity contribution < 1.29 is 9.53 Å². The zero-order chi connectivity index (χ0) is 25.9. The number of anilines is 4. The van der Waals surface area contributed by atoms with Gasteiger partial charge >= 0.3 is 0 Å². The van der Waals surface area contributed by atoms with E-state index in [1.165, 1.54) is 6.08 Å². The predicted molar refractivity (Wildman–Crippen MR) is 146 cm³/mol. The van der Waals surface area contributed by atoms with E-state index in [1.807, 2.05) is 73.1 Å². The molecule has 37 heavy (non-hydrogen) atoms. The molecule has 0 aliphatic carbocycles. The highest BCUT2D eigenvalue weighted by Crippen LogP contribution is 2.33. The smallest absolute Gasteiger partial charge is 0.247 e. The third-order valence-corrected chi connectivity index (χ3v) is 5.80. The minimum absolute atomic E-state index is 0.143. The van der Waals surface area contributed by atoms with Gasteiger partial charge in [0, 0.05) is 36.2 Å². The molecule has 1 amide bonds. The number of aryl methyl sites for hydroxylation is 2. The molecule has 9 nitrogen and oxygen atoms in total. The number of nitrogen functional groups attached to an aromatic ring is 1. The Morgan fingerprint density at radius 3 is 2.76 bits per heavy atom. The van der Waals surface area contributed by atoms with Gasteiger partial charge in [0.05, 0.1) is 17.4 Å². The maximum Gasteiger partial charge on any atom is 0.247 e. The van der Waals surface area contributed by atoms with Crippen molar-refractivity contribution in [3.63, 3.8) is 0 Å². The van der Waals surface area contributed by atoms with Crippen molar-refractivity contribution in [2.45, 2.75) is 6.92 Å². The second-order valence-electron chi connectivity index (χ2n) is 8.48. The molecule has 5 aromatic rings. The van der Waals surface area contributed by atoms with Crippen LogP contribution in [-0.2, 0) is 11.8 Å². The SMILES string of the molecule is C=CC(=O)Nc1cccc(-c2cnc(N)nc2Nc2ccc(Oc3ccc4c(c3)ncn4C)c(C)c2)c1. The predicted octanol–water partition coefficient (Wildman–Crippen LogP) is 5.58. The van der Waals surface area contributed by atoms with Crippen molar-refractivity contribution in [1.29, 1.82) is 0 Å².